The van der Waals surface area contributed by atoms with Crippen LogP contribution in [-0.4, -0.2) is 35.0 Å². The number of nitrogens with zero attached hydrogens (tertiary/aromatic N) is 1. The minimum atomic E-state index is -0.399. The van der Waals surface area contributed by atoms with Crippen molar-refractivity contribution in [3.05, 3.63) is 38.7 Å². The van der Waals surface area contributed by atoms with E-state index < -0.39 is 5.91 Å². The van der Waals surface area contributed by atoms with Crippen LogP contribution in [-0.2, 0) is 9.59 Å². The summed E-state index contributed by atoms with van der Waals surface area (Å²) in [5.74, 6) is -0.241. The molecule has 1 N–H and O–H groups in total. The Hall–Kier alpha value is -1.50. The Kier molecular flexibility index (Phi) is 6.93. The second-order valence-corrected chi connectivity index (χ2v) is 7.70. The zero-order chi connectivity index (χ0) is 18.6. The molecule has 0 aliphatic carbocycles. The Balaban J connectivity index is 2.01. The highest BCUT2D eigenvalue weighted by Gasteiger charge is 2.34. The molecule has 25 heavy (non-hydrogen) atoms. The standard InChI is InChI=1S/C17H18Cl2N2O3S/c1-10(2)8-14(22)20-6-7-21-16(23)13(25-17(21)24)9-11-4-3-5-12(18)15(11)19/h3-5,9-10H,6-8H2,1-2H3,(H,20,22)/b13-9-. The largest absolute Gasteiger partial charge is 0.354 e. The van der Waals surface area contributed by atoms with Gasteiger partial charge in [-0.3, -0.25) is 19.3 Å². The number of hydrogen-bond acceptors (Lipinski definition) is 4. The van der Waals surface area contributed by atoms with Gasteiger partial charge in [-0.05, 0) is 35.4 Å². The Morgan fingerprint density at radius 3 is 2.72 bits per heavy atom. The second-order valence-electron chi connectivity index (χ2n) is 5.92. The Bertz CT molecular complexity index is 735. The smallest absolute Gasteiger partial charge is 0.293 e. The highest BCUT2D eigenvalue weighted by atomic mass is 35.5. The molecular formula is C17H18Cl2N2O3S. The summed E-state index contributed by atoms with van der Waals surface area (Å²) in [5.41, 5.74) is 0.574. The zero-order valence-electron chi connectivity index (χ0n) is 13.8. The number of nitrogens with one attached hydrogen (secondary N) is 1. The number of thioether (sulfide) groups is 1. The third kappa shape index (κ3) is 5.23. The Morgan fingerprint density at radius 2 is 2.04 bits per heavy atom. The molecule has 3 amide bonds. The number of amides is 3. The van der Waals surface area contributed by atoms with Gasteiger partial charge in [-0.25, -0.2) is 0 Å². The van der Waals surface area contributed by atoms with Crippen LogP contribution in [0.2, 0.25) is 10.0 Å². The van der Waals surface area contributed by atoms with Crippen LogP contribution in [0.3, 0.4) is 0 Å². The van der Waals surface area contributed by atoms with Gasteiger partial charge in [0.2, 0.25) is 5.91 Å². The number of carbonyl (C=O) groups excluding carboxylic acids is 3. The fourth-order valence-electron chi connectivity index (χ4n) is 2.22. The minimum absolute atomic E-state index is 0.0942. The molecule has 1 aromatic rings. The van der Waals surface area contributed by atoms with Gasteiger partial charge in [-0.2, -0.15) is 0 Å². The van der Waals surface area contributed by atoms with Gasteiger partial charge < -0.3 is 5.32 Å². The van der Waals surface area contributed by atoms with Crippen molar-refractivity contribution in [2.24, 2.45) is 5.92 Å². The van der Waals surface area contributed by atoms with Gasteiger partial charge in [0, 0.05) is 19.5 Å². The molecule has 8 heteroatoms. The summed E-state index contributed by atoms with van der Waals surface area (Å²) in [6.45, 7) is 4.26. The van der Waals surface area contributed by atoms with Gasteiger partial charge >= 0.3 is 0 Å². The van der Waals surface area contributed by atoms with Crippen molar-refractivity contribution in [1.82, 2.24) is 10.2 Å². The van der Waals surface area contributed by atoms with Crippen LogP contribution < -0.4 is 5.32 Å². The molecule has 5 nitrogen and oxygen atoms in total. The predicted octanol–water partition coefficient (Wildman–Crippen LogP) is 4.19. The number of carbonyl (C=O) groups is 3. The van der Waals surface area contributed by atoms with Gasteiger partial charge in [0.05, 0.1) is 15.0 Å². The zero-order valence-corrected chi connectivity index (χ0v) is 16.2. The Morgan fingerprint density at radius 1 is 1.32 bits per heavy atom. The van der Waals surface area contributed by atoms with Crippen molar-refractivity contribution in [2.45, 2.75) is 20.3 Å². The van der Waals surface area contributed by atoms with E-state index in [1.54, 1.807) is 24.3 Å². The summed E-state index contributed by atoms with van der Waals surface area (Å²) in [6.07, 6.45) is 1.96. The van der Waals surface area contributed by atoms with Gasteiger partial charge in [-0.15, -0.1) is 0 Å². The SMILES string of the molecule is CC(C)CC(=O)NCCN1C(=O)S/C(=C\c2cccc(Cl)c2Cl)C1=O. The van der Waals surface area contributed by atoms with Crippen LogP contribution in [0.25, 0.3) is 6.08 Å². The van der Waals surface area contributed by atoms with E-state index in [-0.39, 0.29) is 35.1 Å². The Labute approximate surface area is 160 Å². The van der Waals surface area contributed by atoms with Crippen LogP contribution in [0.4, 0.5) is 4.79 Å². The summed E-state index contributed by atoms with van der Waals surface area (Å²) < 4.78 is 0. The third-order valence-electron chi connectivity index (χ3n) is 3.39. The molecule has 1 heterocycles. The van der Waals surface area contributed by atoms with Crippen LogP contribution in [0.1, 0.15) is 25.8 Å². The second kappa shape index (κ2) is 8.74. The van der Waals surface area contributed by atoms with Crippen LogP contribution in [0, 0.1) is 5.92 Å². The molecule has 1 aromatic carbocycles. The lowest BCUT2D eigenvalue weighted by atomic mass is 10.1. The average molecular weight is 401 g/mol. The van der Waals surface area contributed by atoms with E-state index in [0.717, 1.165) is 16.7 Å². The minimum Gasteiger partial charge on any atom is -0.354 e. The predicted molar refractivity (Wildman–Crippen MR) is 102 cm³/mol. The van der Waals surface area contributed by atoms with Crippen molar-refractivity contribution in [2.75, 3.05) is 13.1 Å². The fourth-order valence-corrected chi connectivity index (χ4v) is 3.43. The first-order chi connectivity index (χ1) is 11.8. The number of benzene rings is 1. The van der Waals surface area contributed by atoms with Gasteiger partial charge in [-0.1, -0.05) is 49.2 Å². The first kappa shape index (κ1) is 19.8. The molecule has 134 valence electrons. The summed E-state index contributed by atoms with van der Waals surface area (Å²) in [7, 11) is 0. The monoisotopic (exact) mass is 400 g/mol. The quantitative estimate of drug-likeness (QED) is 0.726. The molecule has 0 saturated carbocycles. The highest BCUT2D eigenvalue weighted by Crippen LogP contribution is 2.34. The molecular weight excluding hydrogens is 383 g/mol. The third-order valence-corrected chi connectivity index (χ3v) is 5.13. The molecule has 0 atom stereocenters. The van der Waals surface area contributed by atoms with Crippen molar-refractivity contribution >= 4 is 58.1 Å². The van der Waals surface area contributed by atoms with Gasteiger partial charge in [0.1, 0.15) is 0 Å². The first-order valence-electron chi connectivity index (χ1n) is 7.75. The summed E-state index contributed by atoms with van der Waals surface area (Å²) in [5, 5.41) is 3.05. The number of halogens is 2. The molecule has 0 unspecified atom stereocenters. The maximum Gasteiger partial charge on any atom is 0.293 e. The molecule has 1 aliphatic heterocycles. The number of imide groups is 1. The molecule has 1 fully saturated rings. The lowest BCUT2D eigenvalue weighted by Gasteiger charge is -2.13. The maximum atomic E-state index is 12.4. The molecule has 0 aromatic heterocycles. The van der Waals surface area contributed by atoms with Crippen molar-refractivity contribution in [1.29, 1.82) is 0 Å². The molecule has 2 rings (SSSR count). The van der Waals surface area contributed by atoms with Crippen LogP contribution in [0.15, 0.2) is 23.1 Å². The van der Waals surface area contributed by atoms with Gasteiger partial charge in [0.25, 0.3) is 11.1 Å². The van der Waals surface area contributed by atoms with E-state index in [1.807, 2.05) is 13.8 Å². The van der Waals surface area contributed by atoms with E-state index in [9.17, 15) is 14.4 Å². The fraction of sp³-hybridized carbons (Fsp3) is 0.353. The molecule has 0 bridgehead atoms. The molecule has 1 saturated heterocycles. The van der Waals surface area contributed by atoms with E-state index in [0.29, 0.717) is 22.0 Å². The summed E-state index contributed by atoms with van der Waals surface area (Å²) in [4.78, 5) is 37.5. The van der Waals surface area contributed by atoms with E-state index in [4.69, 9.17) is 23.2 Å². The highest BCUT2D eigenvalue weighted by molar-refractivity contribution is 8.18. The van der Waals surface area contributed by atoms with E-state index >= 15 is 0 Å². The van der Waals surface area contributed by atoms with E-state index in [2.05, 4.69) is 5.32 Å². The van der Waals surface area contributed by atoms with Crippen LogP contribution in [0.5, 0.6) is 0 Å². The first-order valence-corrected chi connectivity index (χ1v) is 9.33. The van der Waals surface area contributed by atoms with Crippen LogP contribution >= 0.6 is 35.0 Å². The molecule has 1 aliphatic rings. The number of rotatable bonds is 6. The number of hydrogen-bond donors (Lipinski definition) is 1. The maximum absolute atomic E-state index is 12.4. The summed E-state index contributed by atoms with van der Waals surface area (Å²) in [6, 6.07) is 5.08. The average Bonchev–Trinajstić information content (AvgIpc) is 2.78. The summed E-state index contributed by atoms with van der Waals surface area (Å²) >= 11 is 12.9. The van der Waals surface area contributed by atoms with Gasteiger partial charge in [0.15, 0.2) is 0 Å². The molecule has 0 spiro atoms. The topological polar surface area (TPSA) is 66.5 Å². The molecule has 0 radical (unpaired) electrons. The van der Waals surface area contributed by atoms with Crippen molar-refractivity contribution in [3.63, 3.8) is 0 Å². The lowest BCUT2D eigenvalue weighted by Crippen LogP contribution is -2.37. The van der Waals surface area contributed by atoms with Crippen molar-refractivity contribution < 1.29 is 14.4 Å². The van der Waals surface area contributed by atoms with Crippen molar-refractivity contribution in [3.8, 4) is 0 Å². The van der Waals surface area contributed by atoms with E-state index in [1.165, 1.54) is 0 Å². The lowest BCUT2D eigenvalue weighted by molar-refractivity contribution is -0.124. The normalized spacial score (nSPS) is 16.2.